The van der Waals surface area contributed by atoms with Crippen LogP contribution in [-0.2, 0) is 6.54 Å². The van der Waals surface area contributed by atoms with E-state index in [1.165, 1.54) is 28.1 Å². The fourth-order valence-electron chi connectivity index (χ4n) is 3.14. The topological polar surface area (TPSA) is 12.5 Å². The number of hydrogen-bond acceptors (Lipinski definition) is 2. The lowest BCUT2D eigenvalue weighted by Gasteiger charge is -2.32. The van der Waals surface area contributed by atoms with Gasteiger partial charge in [-0.25, -0.2) is 0 Å². The summed E-state index contributed by atoms with van der Waals surface area (Å²) in [4.78, 5) is 2.36. The standard InChI is InChI=1S/C22H19NO/c1-24-21-13-11-20(12-14-21)23-16-19-10-6-5-9-18(19)15-22(23)17-7-3-2-4-8-17/h2-15H,16H2,1H3. The van der Waals surface area contributed by atoms with Gasteiger partial charge < -0.3 is 9.64 Å². The van der Waals surface area contributed by atoms with Crippen molar-refractivity contribution in [3.63, 3.8) is 0 Å². The van der Waals surface area contributed by atoms with Crippen LogP contribution in [0.5, 0.6) is 5.75 Å². The molecule has 0 bridgehead atoms. The average Bonchev–Trinajstić information content (AvgIpc) is 2.68. The summed E-state index contributed by atoms with van der Waals surface area (Å²) in [6.45, 7) is 0.864. The van der Waals surface area contributed by atoms with Crippen LogP contribution in [0.1, 0.15) is 16.7 Å². The Hall–Kier alpha value is -3.00. The van der Waals surface area contributed by atoms with E-state index in [0.717, 1.165) is 12.3 Å². The molecule has 3 aromatic carbocycles. The van der Waals surface area contributed by atoms with E-state index >= 15 is 0 Å². The van der Waals surface area contributed by atoms with Crippen molar-refractivity contribution in [1.29, 1.82) is 0 Å². The summed E-state index contributed by atoms with van der Waals surface area (Å²) in [6, 6.07) is 27.4. The number of nitrogens with zero attached hydrogens (tertiary/aromatic N) is 1. The fraction of sp³-hybridized carbons (Fsp3) is 0.0909. The van der Waals surface area contributed by atoms with Gasteiger partial charge in [0.2, 0.25) is 0 Å². The third kappa shape index (κ3) is 2.67. The molecule has 0 amide bonds. The van der Waals surface area contributed by atoms with Crippen molar-refractivity contribution in [2.75, 3.05) is 12.0 Å². The maximum absolute atomic E-state index is 5.29. The van der Waals surface area contributed by atoms with Crippen LogP contribution in [0.3, 0.4) is 0 Å². The van der Waals surface area contributed by atoms with Crippen molar-refractivity contribution >= 4 is 17.5 Å². The molecule has 0 radical (unpaired) electrons. The van der Waals surface area contributed by atoms with Gasteiger partial charge in [0.1, 0.15) is 5.75 Å². The van der Waals surface area contributed by atoms with E-state index in [1.54, 1.807) is 7.11 Å². The average molecular weight is 313 g/mol. The van der Waals surface area contributed by atoms with Crippen molar-refractivity contribution in [2.24, 2.45) is 0 Å². The Bertz CT molecular complexity index is 866. The normalized spacial score (nSPS) is 13.2. The number of hydrogen-bond donors (Lipinski definition) is 0. The van der Waals surface area contributed by atoms with Gasteiger partial charge in [-0.05, 0) is 47.0 Å². The molecule has 4 rings (SSSR count). The highest BCUT2D eigenvalue weighted by molar-refractivity contribution is 5.92. The molecule has 1 heterocycles. The van der Waals surface area contributed by atoms with E-state index in [1.807, 2.05) is 12.1 Å². The van der Waals surface area contributed by atoms with Crippen molar-refractivity contribution in [3.05, 3.63) is 95.6 Å². The Morgan fingerprint density at radius 2 is 1.50 bits per heavy atom. The van der Waals surface area contributed by atoms with Gasteiger partial charge in [-0.15, -0.1) is 0 Å². The summed E-state index contributed by atoms with van der Waals surface area (Å²) in [7, 11) is 1.70. The van der Waals surface area contributed by atoms with Crippen molar-refractivity contribution in [2.45, 2.75) is 6.54 Å². The molecule has 24 heavy (non-hydrogen) atoms. The smallest absolute Gasteiger partial charge is 0.119 e. The van der Waals surface area contributed by atoms with E-state index < -0.39 is 0 Å². The van der Waals surface area contributed by atoms with Gasteiger partial charge in [0, 0.05) is 17.9 Å². The highest BCUT2D eigenvalue weighted by atomic mass is 16.5. The highest BCUT2D eigenvalue weighted by Gasteiger charge is 2.20. The first-order valence-corrected chi connectivity index (χ1v) is 8.12. The molecule has 118 valence electrons. The Balaban J connectivity index is 1.82. The number of benzene rings is 3. The van der Waals surface area contributed by atoms with Gasteiger partial charge in [-0.3, -0.25) is 0 Å². The molecular weight excluding hydrogens is 294 g/mol. The molecule has 0 fully saturated rings. The zero-order valence-electron chi connectivity index (χ0n) is 13.6. The molecule has 0 aliphatic carbocycles. The first-order valence-electron chi connectivity index (χ1n) is 8.12. The number of fused-ring (bicyclic) bond motifs is 1. The largest absolute Gasteiger partial charge is 0.497 e. The highest BCUT2D eigenvalue weighted by Crippen LogP contribution is 2.35. The number of ether oxygens (including phenoxy) is 1. The van der Waals surface area contributed by atoms with Crippen LogP contribution < -0.4 is 9.64 Å². The lowest BCUT2D eigenvalue weighted by Crippen LogP contribution is -2.24. The number of anilines is 1. The van der Waals surface area contributed by atoms with E-state index in [-0.39, 0.29) is 0 Å². The van der Waals surface area contributed by atoms with Crippen LogP contribution in [0, 0.1) is 0 Å². The van der Waals surface area contributed by atoms with Gasteiger partial charge in [-0.2, -0.15) is 0 Å². The summed E-state index contributed by atoms with van der Waals surface area (Å²) < 4.78 is 5.29. The third-order valence-electron chi connectivity index (χ3n) is 4.42. The zero-order chi connectivity index (χ0) is 16.4. The van der Waals surface area contributed by atoms with Crippen molar-refractivity contribution in [1.82, 2.24) is 0 Å². The van der Waals surface area contributed by atoms with Gasteiger partial charge >= 0.3 is 0 Å². The minimum absolute atomic E-state index is 0.864. The summed E-state index contributed by atoms with van der Waals surface area (Å²) in [6.07, 6.45) is 2.28. The van der Waals surface area contributed by atoms with Gasteiger partial charge in [0.05, 0.1) is 7.11 Å². The first kappa shape index (κ1) is 14.6. The van der Waals surface area contributed by atoms with E-state index in [2.05, 4.69) is 77.7 Å². The molecular formula is C22H19NO. The van der Waals surface area contributed by atoms with E-state index in [0.29, 0.717) is 0 Å². The predicted octanol–water partition coefficient (Wildman–Crippen LogP) is 5.21. The van der Waals surface area contributed by atoms with Gasteiger partial charge in [-0.1, -0.05) is 54.6 Å². The SMILES string of the molecule is COc1ccc(N2Cc3ccccc3C=C2c2ccccc2)cc1. The van der Waals surface area contributed by atoms with E-state index in [9.17, 15) is 0 Å². The lowest BCUT2D eigenvalue weighted by molar-refractivity contribution is 0.415. The van der Waals surface area contributed by atoms with Gasteiger partial charge in [0.15, 0.2) is 0 Å². The molecule has 0 N–H and O–H groups in total. The van der Waals surface area contributed by atoms with Crippen LogP contribution in [0.4, 0.5) is 5.69 Å². The third-order valence-corrected chi connectivity index (χ3v) is 4.42. The minimum Gasteiger partial charge on any atom is -0.497 e. The quantitative estimate of drug-likeness (QED) is 0.658. The monoisotopic (exact) mass is 313 g/mol. The molecule has 0 unspecified atom stereocenters. The molecule has 2 nitrogen and oxygen atoms in total. The maximum Gasteiger partial charge on any atom is 0.119 e. The van der Waals surface area contributed by atoms with Crippen LogP contribution in [0.25, 0.3) is 11.8 Å². The van der Waals surface area contributed by atoms with Crippen LogP contribution in [0.15, 0.2) is 78.9 Å². The fourth-order valence-corrected chi connectivity index (χ4v) is 3.14. The minimum atomic E-state index is 0.864. The van der Waals surface area contributed by atoms with Crippen LogP contribution in [0.2, 0.25) is 0 Å². The Kier molecular flexibility index (Phi) is 3.80. The first-order chi connectivity index (χ1) is 11.8. The van der Waals surface area contributed by atoms with Crippen LogP contribution >= 0.6 is 0 Å². The lowest BCUT2D eigenvalue weighted by atomic mass is 9.97. The summed E-state index contributed by atoms with van der Waals surface area (Å²) in [5.41, 5.74) is 6.25. The second-order valence-electron chi connectivity index (χ2n) is 5.88. The van der Waals surface area contributed by atoms with Crippen molar-refractivity contribution < 1.29 is 4.74 Å². The molecule has 0 spiro atoms. The molecule has 1 aliphatic heterocycles. The molecule has 1 aliphatic rings. The predicted molar refractivity (Wildman–Crippen MR) is 99.9 cm³/mol. The second kappa shape index (κ2) is 6.25. The summed E-state index contributed by atoms with van der Waals surface area (Å²) in [5.74, 6) is 0.876. The molecule has 3 aromatic rings. The second-order valence-corrected chi connectivity index (χ2v) is 5.88. The molecule has 0 aromatic heterocycles. The van der Waals surface area contributed by atoms with Crippen molar-refractivity contribution in [3.8, 4) is 5.75 Å². The molecule has 0 saturated heterocycles. The molecule has 0 saturated carbocycles. The zero-order valence-corrected chi connectivity index (χ0v) is 13.6. The van der Waals surface area contributed by atoms with Crippen LogP contribution in [-0.4, -0.2) is 7.11 Å². The van der Waals surface area contributed by atoms with Gasteiger partial charge in [0.25, 0.3) is 0 Å². The number of methoxy groups -OCH3 is 1. The maximum atomic E-state index is 5.29. The molecule has 0 atom stereocenters. The summed E-state index contributed by atoms with van der Waals surface area (Å²) >= 11 is 0. The Morgan fingerprint density at radius 3 is 2.25 bits per heavy atom. The molecule has 2 heteroatoms. The summed E-state index contributed by atoms with van der Waals surface area (Å²) in [5, 5.41) is 0. The van der Waals surface area contributed by atoms with E-state index in [4.69, 9.17) is 4.74 Å². The Morgan fingerprint density at radius 1 is 0.792 bits per heavy atom. The number of rotatable bonds is 3. The Labute approximate surface area is 142 Å².